The highest BCUT2D eigenvalue weighted by Gasteiger charge is 2.38. The Kier molecular flexibility index (Phi) is 4.75. The molecule has 0 aliphatic carbocycles. The molecule has 9 heteroatoms. The second-order valence-electron chi connectivity index (χ2n) is 8.77. The highest BCUT2D eigenvalue weighted by atomic mass is 16.5. The Bertz CT molecular complexity index is 1740. The number of benzene rings is 2. The standard InChI is InChI=1S/C28H21N7O2/c1-17-22-23(18-10-12-21(36-2)13-11-18)24-26-31-25(19-7-6-14-29-15-19)33-34(26)16-30-27(24)37-28(22)35(32-17)20-8-4-3-5-9-20/h3-16,23H,1-2H3. The van der Waals surface area contributed by atoms with Crippen molar-refractivity contribution >= 4 is 5.65 Å². The second kappa shape index (κ2) is 8.27. The van der Waals surface area contributed by atoms with E-state index in [9.17, 15) is 0 Å². The molecule has 180 valence electrons. The van der Waals surface area contributed by atoms with E-state index < -0.39 is 0 Å². The van der Waals surface area contributed by atoms with E-state index in [1.54, 1.807) is 30.3 Å². The molecule has 1 unspecified atom stereocenters. The first-order valence-corrected chi connectivity index (χ1v) is 11.8. The van der Waals surface area contributed by atoms with Crippen molar-refractivity contribution in [3.63, 3.8) is 0 Å². The van der Waals surface area contributed by atoms with Crippen molar-refractivity contribution in [2.45, 2.75) is 12.8 Å². The zero-order valence-corrected chi connectivity index (χ0v) is 20.1. The summed E-state index contributed by atoms with van der Waals surface area (Å²) in [4.78, 5) is 13.8. The lowest BCUT2D eigenvalue weighted by atomic mass is 9.84. The topological polar surface area (TPSA) is 92.2 Å². The van der Waals surface area contributed by atoms with Gasteiger partial charge in [-0.25, -0.2) is 19.2 Å². The molecule has 0 amide bonds. The van der Waals surface area contributed by atoms with Crippen molar-refractivity contribution in [2.75, 3.05) is 7.11 Å². The van der Waals surface area contributed by atoms with Crippen molar-refractivity contribution in [1.82, 2.24) is 34.3 Å². The number of para-hydroxylation sites is 1. The quantitative estimate of drug-likeness (QED) is 0.346. The maximum atomic E-state index is 6.47. The molecule has 6 aromatic rings. The van der Waals surface area contributed by atoms with Crippen LogP contribution in [-0.2, 0) is 0 Å². The van der Waals surface area contributed by atoms with E-state index in [0.29, 0.717) is 23.2 Å². The van der Waals surface area contributed by atoms with E-state index in [4.69, 9.17) is 19.6 Å². The minimum absolute atomic E-state index is 0.232. The predicted octanol–water partition coefficient (Wildman–Crippen LogP) is 4.97. The number of methoxy groups -OCH3 is 1. The number of fused-ring (bicyclic) bond motifs is 4. The van der Waals surface area contributed by atoms with Crippen molar-refractivity contribution in [3.8, 4) is 34.6 Å². The third-order valence-corrected chi connectivity index (χ3v) is 6.59. The van der Waals surface area contributed by atoms with Crippen LogP contribution in [0.25, 0.3) is 22.7 Å². The molecule has 0 fully saturated rings. The van der Waals surface area contributed by atoms with Gasteiger partial charge in [-0.1, -0.05) is 30.3 Å². The summed E-state index contributed by atoms with van der Waals surface area (Å²) in [7, 11) is 1.66. The van der Waals surface area contributed by atoms with Crippen LogP contribution in [0.3, 0.4) is 0 Å². The highest BCUT2D eigenvalue weighted by Crippen LogP contribution is 2.49. The summed E-state index contributed by atoms with van der Waals surface area (Å²) in [6, 6.07) is 21.8. The fraction of sp³-hybridized carbons (Fsp3) is 0.107. The van der Waals surface area contributed by atoms with Crippen LogP contribution >= 0.6 is 0 Å². The Morgan fingerprint density at radius 1 is 0.919 bits per heavy atom. The summed E-state index contributed by atoms with van der Waals surface area (Å²) in [5.74, 6) is 2.23. The number of ether oxygens (including phenoxy) is 2. The smallest absolute Gasteiger partial charge is 0.230 e. The Hall–Kier alpha value is -5.05. The van der Waals surface area contributed by atoms with Gasteiger partial charge in [0.15, 0.2) is 11.5 Å². The Morgan fingerprint density at radius 2 is 1.76 bits per heavy atom. The molecule has 4 aromatic heterocycles. The molecule has 5 heterocycles. The lowest BCUT2D eigenvalue weighted by Gasteiger charge is -2.26. The van der Waals surface area contributed by atoms with E-state index in [1.807, 2.05) is 66.2 Å². The Balaban J connectivity index is 1.49. The summed E-state index contributed by atoms with van der Waals surface area (Å²) in [6.07, 6.45) is 5.11. The van der Waals surface area contributed by atoms with Gasteiger partial charge >= 0.3 is 0 Å². The molecule has 1 atom stereocenters. The van der Waals surface area contributed by atoms with Crippen molar-refractivity contribution in [2.24, 2.45) is 0 Å². The molecule has 0 bridgehead atoms. The van der Waals surface area contributed by atoms with Gasteiger partial charge in [0.25, 0.3) is 0 Å². The number of aryl methyl sites for hydroxylation is 1. The molecule has 0 saturated carbocycles. The molecule has 0 radical (unpaired) electrons. The first kappa shape index (κ1) is 21.3. The largest absolute Gasteiger partial charge is 0.497 e. The maximum absolute atomic E-state index is 6.47. The van der Waals surface area contributed by atoms with Crippen LogP contribution in [0.1, 0.15) is 28.3 Å². The average molecular weight is 488 g/mol. The average Bonchev–Trinajstić information content (AvgIpc) is 3.54. The fourth-order valence-electron chi connectivity index (χ4n) is 4.87. The summed E-state index contributed by atoms with van der Waals surface area (Å²) in [5, 5.41) is 9.56. The van der Waals surface area contributed by atoms with Gasteiger partial charge in [-0.05, 0) is 48.9 Å². The lowest BCUT2D eigenvalue weighted by molar-refractivity contribution is 0.402. The van der Waals surface area contributed by atoms with Gasteiger partial charge in [0, 0.05) is 18.0 Å². The molecule has 1 aliphatic rings. The number of aromatic nitrogens is 7. The van der Waals surface area contributed by atoms with Crippen LogP contribution in [0, 0.1) is 6.92 Å². The minimum atomic E-state index is -0.232. The molecular formula is C28H21N7O2. The van der Waals surface area contributed by atoms with Gasteiger partial charge in [-0.15, -0.1) is 5.10 Å². The predicted molar refractivity (Wildman–Crippen MR) is 136 cm³/mol. The Morgan fingerprint density at radius 3 is 2.51 bits per heavy atom. The van der Waals surface area contributed by atoms with Gasteiger partial charge in [-0.3, -0.25) is 4.98 Å². The van der Waals surface area contributed by atoms with Crippen LogP contribution in [0.2, 0.25) is 0 Å². The summed E-state index contributed by atoms with van der Waals surface area (Å²) in [5.41, 5.74) is 6.10. The zero-order chi connectivity index (χ0) is 24.9. The number of hydrogen-bond acceptors (Lipinski definition) is 7. The van der Waals surface area contributed by atoms with Gasteiger partial charge in [-0.2, -0.15) is 5.10 Å². The van der Waals surface area contributed by atoms with E-state index in [2.05, 4.69) is 27.2 Å². The number of hydrogen-bond donors (Lipinski definition) is 0. The van der Waals surface area contributed by atoms with Crippen LogP contribution in [0.15, 0.2) is 85.5 Å². The fourth-order valence-corrected chi connectivity index (χ4v) is 4.87. The molecule has 37 heavy (non-hydrogen) atoms. The van der Waals surface area contributed by atoms with E-state index in [0.717, 1.165) is 39.4 Å². The van der Waals surface area contributed by atoms with Gasteiger partial charge in [0.1, 0.15) is 12.1 Å². The SMILES string of the molecule is COc1ccc(C2c3c(C)nn(-c4ccccc4)c3Oc3ncn4nc(-c5cccnc5)nc4c32)cc1. The monoisotopic (exact) mass is 487 g/mol. The second-order valence-corrected chi connectivity index (χ2v) is 8.77. The maximum Gasteiger partial charge on any atom is 0.230 e. The first-order chi connectivity index (χ1) is 18.2. The van der Waals surface area contributed by atoms with Crippen molar-refractivity contribution < 1.29 is 9.47 Å². The minimum Gasteiger partial charge on any atom is -0.497 e. The van der Waals surface area contributed by atoms with E-state index in [1.165, 1.54) is 0 Å². The number of pyridine rings is 1. The molecule has 0 saturated heterocycles. The van der Waals surface area contributed by atoms with Crippen molar-refractivity contribution in [3.05, 3.63) is 108 Å². The molecule has 9 nitrogen and oxygen atoms in total. The molecule has 1 aliphatic heterocycles. The molecular weight excluding hydrogens is 466 g/mol. The third kappa shape index (κ3) is 3.35. The Labute approximate surface area is 212 Å². The normalized spacial score (nSPS) is 14.2. The highest BCUT2D eigenvalue weighted by molar-refractivity contribution is 5.68. The zero-order valence-electron chi connectivity index (χ0n) is 20.1. The summed E-state index contributed by atoms with van der Waals surface area (Å²) < 4.78 is 15.4. The van der Waals surface area contributed by atoms with E-state index >= 15 is 0 Å². The molecule has 7 rings (SSSR count). The summed E-state index contributed by atoms with van der Waals surface area (Å²) >= 11 is 0. The molecule has 0 spiro atoms. The molecule has 0 N–H and O–H groups in total. The van der Waals surface area contributed by atoms with Crippen LogP contribution < -0.4 is 9.47 Å². The van der Waals surface area contributed by atoms with Gasteiger partial charge < -0.3 is 9.47 Å². The van der Waals surface area contributed by atoms with E-state index in [-0.39, 0.29) is 5.92 Å². The molecule has 2 aromatic carbocycles. The third-order valence-electron chi connectivity index (χ3n) is 6.59. The van der Waals surface area contributed by atoms with Crippen molar-refractivity contribution in [1.29, 1.82) is 0 Å². The number of nitrogens with zero attached hydrogens (tertiary/aromatic N) is 7. The number of rotatable bonds is 4. The van der Waals surface area contributed by atoms with Crippen LogP contribution in [-0.4, -0.2) is 41.5 Å². The van der Waals surface area contributed by atoms with Crippen LogP contribution in [0.4, 0.5) is 0 Å². The van der Waals surface area contributed by atoms with Gasteiger partial charge in [0.05, 0.1) is 35.5 Å². The van der Waals surface area contributed by atoms with Gasteiger partial charge in [0.2, 0.25) is 11.8 Å². The van der Waals surface area contributed by atoms with Crippen LogP contribution in [0.5, 0.6) is 17.5 Å². The first-order valence-electron chi connectivity index (χ1n) is 11.8. The lowest BCUT2D eigenvalue weighted by Crippen LogP contribution is -2.16. The summed E-state index contributed by atoms with van der Waals surface area (Å²) in [6.45, 7) is 2.00.